The Bertz CT molecular complexity index is 778. The summed E-state index contributed by atoms with van der Waals surface area (Å²) in [4.78, 5) is 15.2. The van der Waals surface area contributed by atoms with Gasteiger partial charge in [0.2, 0.25) is 0 Å². The highest BCUT2D eigenvalue weighted by molar-refractivity contribution is 5.94. The lowest BCUT2D eigenvalue weighted by atomic mass is 9.92. The van der Waals surface area contributed by atoms with E-state index in [2.05, 4.69) is 10.2 Å². The van der Waals surface area contributed by atoms with Gasteiger partial charge in [0.05, 0.1) is 0 Å². The van der Waals surface area contributed by atoms with Gasteiger partial charge in [0.25, 0.3) is 5.91 Å². The molecule has 29 heavy (non-hydrogen) atoms. The third-order valence-electron chi connectivity index (χ3n) is 6.26. The van der Waals surface area contributed by atoms with Crippen LogP contribution in [0.25, 0.3) is 0 Å². The third kappa shape index (κ3) is 5.60. The standard InChI is InChI=1S/C25H32N2O2/c28-25(26-19-20-8-3-1-4-9-20)21-10-7-13-24(18-21)29-23-14-16-27(17-15-23)22-11-5-2-6-12-22/h1,3-4,7-10,13,18,22-23H,2,5-6,11-12,14-17,19H2,(H,26,28). The Hall–Kier alpha value is -2.33. The fraction of sp³-hybridized carbons (Fsp3) is 0.480. The zero-order valence-corrected chi connectivity index (χ0v) is 17.2. The van der Waals surface area contributed by atoms with Crippen molar-refractivity contribution < 1.29 is 9.53 Å². The van der Waals surface area contributed by atoms with Gasteiger partial charge in [-0.15, -0.1) is 0 Å². The molecule has 1 saturated heterocycles. The SMILES string of the molecule is O=C(NCc1ccccc1)c1cccc(OC2CCN(C3CCCCC3)CC2)c1. The van der Waals surface area contributed by atoms with Crippen LogP contribution in [0.1, 0.15) is 60.9 Å². The summed E-state index contributed by atoms with van der Waals surface area (Å²) in [7, 11) is 0. The van der Waals surface area contributed by atoms with Crippen LogP contribution in [-0.2, 0) is 6.54 Å². The highest BCUT2D eigenvalue weighted by Crippen LogP contribution is 2.27. The first-order valence-corrected chi connectivity index (χ1v) is 11.1. The van der Waals surface area contributed by atoms with E-state index in [-0.39, 0.29) is 12.0 Å². The molecule has 1 N–H and O–H groups in total. The number of nitrogens with one attached hydrogen (secondary N) is 1. The number of carbonyl (C=O) groups excluding carboxylic acids is 1. The van der Waals surface area contributed by atoms with Gasteiger partial charge in [-0.1, -0.05) is 55.7 Å². The van der Waals surface area contributed by atoms with Gasteiger partial charge in [-0.05, 0) is 49.4 Å². The van der Waals surface area contributed by atoms with Crippen molar-refractivity contribution in [1.82, 2.24) is 10.2 Å². The average molecular weight is 393 g/mol. The number of piperidine rings is 1. The van der Waals surface area contributed by atoms with E-state index in [1.165, 1.54) is 32.1 Å². The number of rotatable bonds is 6. The summed E-state index contributed by atoms with van der Waals surface area (Å²) in [5, 5.41) is 2.99. The average Bonchev–Trinajstić information content (AvgIpc) is 2.79. The summed E-state index contributed by atoms with van der Waals surface area (Å²) in [6, 6.07) is 18.3. The van der Waals surface area contributed by atoms with Crippen molar-refractivity contribution >= 4 is 5.91 Å². The molecule has 0 atom stereocenters. The Kier molecular flexibility index (Phi) is 6.83. The predicted molar refractivity (Wildman–Crippen MR) is 116 cm³/mol. The smallest absolute Gasteiger partial charge is 0.251 e. The van der Waals surface area contributed by atoms with Crippen LogP contribution in [0.5, 0.6) is 5.75 Å². The maximum absolute atomic E-state index is 12.5. The number of nitrogens with zero attached hydrogens (tertiary/aromatic N) is 1. The Balaban J connectivity index is 1.27. The third-order valence-corrected chi connectivity index (χ3v) is 6.26. The maximum Gasteiger partial charge on any atom is 0.251 e. The molecule has 1 aliphatic carbocycles. The first kappa shape index (κ1) is 20.0. The fourth-order valence-corrected chi connectivity index (χ4v) is 4.59. The Morgan fingerprint density at radius 2 is 1.69 bits per heavy atom. The van der Waals surface area contributed by atoms with E-state index < -0.39 is 0 Å². The van der Waals surface area contributed by atoms with Crippen molar-refractivity contribution in [1.29, 1.82) is 0 Å². The molecule has 154 valence electrons. The summed E-state index contributed by atoms with van der Waals surface area (Å²) in [5.74, 6) is 0.736. The van der Waals surface area contributed by atoms with Crippen LogP contribution in [0.4, 0.5) is 0 Å². The lowest BCUT2D eigenvalue weighted by molar-refractivity contribution is 0.0629. The summed E-state index contributed by atoms with van der Waals surface area (Å²) in [5.41, 5.74) is 1.75. The van der Waals surface area contributed by atoms with Gasteiger partial charge in [-0.2, -0.15) is 0 Å². The number of hydrogen-bond acceptors (Lipinski definition) is 3. The van der Waals surface area contributed by atoms with E-state index in [9.17, 15) is 4.79 Å². The van der Waals surface area contributed by atoms with Crippen molar-refractivity contribution in [3.8, 4) is 5.75 Å². The van der Waals surface area contributed by atoms with Crippen molar-refractivity contribution in [2.75, 3.05) is 13.1 Å². The molecule has 4 rings (SSSR count). The van der Waals surface area contributed by atoms with Gasteiger partial charge in [0.1, 0.15) is 11.9 Å². The zero-order valence-electron chi connectivity index (χ0n) is 17.2. The number of likely N-dealkylation sites (tertiary alicyclic amines) is 1. The lowest BCUT2D eigenvalue weighted by Gasteiger charge is -2.39. The van der Waals surface area contributed by atoms with Crippen molar-refractivity contribution in [2.24, 2.45) is 0 Å². The molecule has 2 aromatic rings. The minimum atomic E-state index is -0.0635. The van der Waals surface area contributed by atoms with E-state index in [0.717, 1.165) is 43.3 Å². The number of hydrogen-bond donors (Lipinski definition) is 1. The molecule has 0 aromatic heterocycles. The van der Waals surface area contributed by atoms with Gasteiger partial charge in [-0.25, -0.2) is 0 Å². The minimum Gasteiger partial charge on any atom is -0.490 e. The number of carbonyl (C=O) groups is 1. The van der Waals surface area contributed by atoms with Crippen molar-refractivity contribution in [3.63, 3.8) is 0 Å². The van der Waals surface area contributed by atoms with Crippen LogP contribution in [0.3, 0.4) is 0 Å². The molecular formula is C25H32N2O2. The highest BCUT2D eigenvalue weighted by Gasteiger charge is 2.27. The molecule has 0 radical (unpaired) electrons. The van der Waals surface area contributed by atoms with E-state index in [1.54, 1.807) is 0 Å². The minimum absolute atomic E-state index is 0.0635. The van der Waals surface area contributed by atoms with Crippen LogP contribution in [0.2, 0.25) is 0 Å². The molecule has 2 aliphatic rings. The molecule has 0 spiro atoms. The summed E-state index contributed by atoms with van der Waals surface area (Å²) in [6.45, 7) is 2.80. The van der Waals surface area contributed by atoms with Crippen LogP contribution in [-0.4, -0.2) is 36.0 Å². The first-order chi connectivity index (χ1) is 14.3. The van der Waals surface area contributed by atoms with Gasteiger partial charge in [-0.3, -0.25) is 4.79 Å². The largest absolute Gasteiger partial charge is 0.490 e. The summed E-state index contributed by atoms with van der Waals surface area (Å²) in [6.07, 6.45) is 9.31. The Labute approximate surface area is 174 Å². The Morgan fingerprint density at radius 1 is 0.931 bits per heavy atom. The quantitative estimate of drug-likeness (QED) is 0.768. The predicted octanol–water partition coefficient (Wildman–Crippen LogP) is 4.79. The number of ether oxygens (including phenoxy) is 1. The molecule has 2 fully saturated rings. The van der Waals surface area contributed by atoms with E-state index in [1.807, 2.05) is 54.6 Å². The van der Waals surface area contributed by atoms with Crippen LogP contribution in [0, 0.1) is 0 Å². The molecular weight excluding hydrogens is 360 g/mol. The van der Waals surface area contributed by atoms with Gasteiger partial charge >= 0.3 is 0 Å². The molecule has 1 heterocycles. The highest BCUT2D eigenvalue weighted by atomic mass is 16.5. The molecule has 1 aliphatic heterocycles. The summed E-state index contributed by atoms with van der Waals surface area (Å²) >= 11 is 0. The maximum atomic E-state index is 12.5. The van der Waals surface area contributed by atoms with Crippen molar-refractivity contribution in [3.05, 3.63) is 65.7 Å². The van der Waals surface area contributed by atoms with E-state index in [0.29, 0.717) is 12.1 Å². The number of benzene rings is 2. The lowest BCUT2D eigenvalue weighted by Crippen LogP contribution is -2.44. The van der Waals surface area contributed by atoms with Crippen molar-refractivity contribution in [2.45, 2.75) is 63.6 Å². The normalized spacial score (nSPS) is 19.0. The number of amides is 1. The molecule has 1 amide bonds. The van der Waals surface area contributed by atoms with Crippen LogP contribution in [0.15, 0.2) is 54.6 Å². The van der Waals surface area contributed by atoms with Gasteiger partial charge in [0.15, 0.2) is 0 Å². The molecule has 1 saturated carbocycles. The molecule has 4 nitrogen and oxygen atoms in total. The van der Waals surface area contributed by atoms with E-state index in [4.69, 9.17) is 4.74 Å². The molecule has 2 aromatic carbocycles. The van der Waals surface area contributed by atoms with Crippen LogP contribution < -0.4 is 10.1 Å². The van der Waals surface area contributed by atoms with Gasteiger partial charge < -0.3 is 15.0 Å². The molecule has 0 unspecified atom stereocenters. The first-order valence-electron chi connectivity index (χ1n) is 11.1. The van der Waals surface area contributed by atoms with Gasteiger partial charge in [0, 0.05) is 31.2 Å². The topological polar surface area (TPSA) is 41.6 Å². The Morgan fingerprint density at radius 3 is 2.45 bits per heavy atom. The second-order valence-electron chi connectivity index (χ2n) is 8.34. The fourth-order valence-electron chi connectivity index (χ4n) is 4.59. The second-order valence-corrected chi connectivity index (χ2v) is 8.34. The molecule has 4 heteroatoms. The zero-order chi connectivity index (χ0) is 19.9. The second kappa shape index (κ2) is 9.93. The van der Waals surface area contributed by atoms with E-state index >= 15 is 0 Å². The molecule has 0 bridgehead atoms. The van der Waals surface area contributed by atoms with Crippen LogP contribution >= 0.6 is 0 Å². The monoisotopic (exact) mass is 392 g/mol. The summed E-state index contributed by atoms with van der Waals surface area (Å²) < 4.78 is 6.24.